The summed E-state index contributed by atoms with van der Waals surface area (Å²) >= 11 is 0. The van der Waals surface area contributed by atoms with Gasteiger partial charge in [0.05, 0.1) is 12.7 Å². The average Bonchev–Trinajstić information content (AvgIpc) is 3.15. The van der Waals surface area contributed by atoms with E-state index in [4.69, 9.17) is 9.47 Å². The molecule has 0 bridgehead atoms. The smallest absolute Gasteiger partial charge is 0.352 e. The van der Waals surface area contributed by atoms with Gasteiger partial charge in [0.2, 0.25) is 0 Å². The Morgan fingerprint density at radius 3 is 2.50 bits per heavy atom. The molecule has 0 spiro atoms. The normalized spacial score (nSPS) is 12.1. The van der Waals surface area contributed by atoms with Crippen LogP contribution in [-0.2, 0) is 29.2 Å². The number of nitrogens with one attached hydrogen (secondary N) is 1. The highest BCUT2D eigenvalue weighted by molar-refractivity contribution is 5.95. The summed E-state index contributed by atoms with van der Waals surface area (Å²) in [6.45, 7) is 9.91. The molecule has 1 aromatic carbocycles. The predicted molar refractivity (Wildman–Crippen MR) is 135 cm³/mol. The minimum Gasteiger partial charge on any atom is -0.459 e. The molecule has 0 saturated carbocycles. The summed E-state index contributed by atoms with van der Waals surface area (Å²) < 4.78 is 28.6. The molecule has 2 heterocycles. The molecule has 2 aromatic heterocycles. The molecule has 0 amide bonds. The number of rotatable bonds is 12. The van der Waals surface area contributed by atoms with E-state index in [0.29, 0.717) is 19.0 Å². The van der Waals surface area contributed by atoms with E-state index in [1.165, 1.54) is 4.57 Å². The number of nitrogens with zero attached hydrogens (tertiary/aromatic N) is 4. The highest BCUT2D eigenvalue weighted by Gasteiger charge is 2.24. The third-order valence-corrected chi connectivity index (χ3v) is 5.42. The molecule has 3 rings (SSSR count). The van der Waals surface area contributed by atoms with E-state index in [9.17, 15) is 9.59 Å². The van der Waals surface area contributed by atoms with Crippen molar-refractivity contribution in [3.05, 3.63) is 69.7 Å². The highest BCUT2D eigenvalue weighted by Crippen LogP contribution is 2.22. The Bertz CT molecular complexity index is 1220. The molecule has 0 aliphatic carbocycles. The van der Waals surface area contributed by atoms with Crippen LogP contribution in [0.25, 0.3) is 5.82 Å². The summed E-state index contributed by atoms with van der Waals surface area (Å²) in [5, 5.41) is 7.48. The molecular weight excluding hydrogens is 465 g/mol. The average molecular weight is 500 g/mol. The summed E-state index contributed by atoms with van der Waals surface area (Å²) in [5.41, 5.74) is 0.394. The second-order valence-electron chi connectivity index (χ2n) is 8.81. The van der Waals surface area contributed by atoms with Gasteiger partial charge in [-0.15, -0.1) is 5.10 Å². The van der Waals surface area contributed by atoms with Gasteiger partial charge in [0, 0.05) is 12.6 Å². The number of hydrogen-bond donors (Lipinski definition) is 1. The molecule has 0 aliphatic heterocycles. The van der Waals surface area contributed by atoms with E-state index >= 15 is 4.39 Å². The summed E-state index contributed by atoms with van der Waals surface area (Å²) in [6, 6.07) is 10.6. The number of benzene rings is 1. The number of carbonyl (C=O) groups is 1. The molecule has 1 N–H and O–H groups in total. The van der Waals surface area contributed by atoms with Crippen LogP contribution >= 0.6 is 0 Å². The third kappa shape index (κ3) is 6.57. The summed E-state index contributed by atoms with van der Waals surface area (Å²) in [5.74, 6) is -1.38. The number of esters is 1. The van der Waals surface area contributed by atoms with Crippen LogP contribution in [0.4, 0.5) is 10.2 Å². The quantitative estimate of drug-likeness (QED) is 0.367. The van der Waals surface area contributed by atoms with Crippen molar-refractivity contribution >= 4 is 11.8 Å². The third-order valence-electron chi connectivity index (χ3n) is 5.42. The first kappa shape index (κ1) is 27.1. The maximum Gasteiger partial charge on any atom is 0.352 e. The molecule has 0 radical (unpaired) electrons. The minimum atomic E-state index is -0.862. The van der Waals surface area contributed by atoms with E-state index in [1.54, 1.807) is 20.8 Å². The number of ether oxygens (including phenoxy) is 2. The van der Waals surface area contributed by atoms with E-state index < -0.39 is 17.5 Å². The van der Waals surface area contributed by atoms with E-state index in [0.717, 1.165) is 29.2 Å². The van der Waals surface area contributed by atoms with Crippen LogP contribution in [0.5, 0.6) is 0 Å². The van der Waals surface area contributed by atoms with Gasteiger partial charge in [0.15, 0.2) is 17.5 Å². The zero-order valence-corrected chi connectivity index (χ0v) is 21.5. The lowest BCUT2D eigenvalue weighted by Gasteiger charge is -2.18. The van der Waals surface area contributed by atoms with Crippen LogP contribution in [0.1, 0.15) is 69.2 Å². The monoisotopic (exact) mass is 499 g/mol. The van der Waals surface area contributed by atoms with E-state index in [2.05, 4.69) is 15.4 Å². The molecule has 194 valence electrons. The lowest BCUT2D eigenvalue weighted by atomic mass is 10.1. The van der Waals surface area contributed by atoms with Crippen molar-refractivity contribution in [3.63, 3.8) is 0 Å². The van der Waals surface area contributed by atoms with Crippen molar-refractivity contribution < 1.29 is 18.7 Å². The van der Waals surface area contributed by atoms with Crippen molar-refractivity contribution in [1.82, 2.24) is 19.3 Å². The van der Waals surface area contributed by atoms with E-state index in [-0.39, 0.29) is 36.0 Å². The van der Waals surface area contributed by atoms with Crippen LogP contribution in [-0.4, -0.2) is 37.4 Å². The van der Waals surface area contributed by atoms with Crippen LogP contribution in [0.15, 0.2) is 41.2 Å². The molecule has 0 unspecified atom stereocenters. The molecule has 3 aromatic rings. The Morgan fingerprint density at radius 2 is 1.86 bits per heavy atom. The summed E-state index contributed by atoms with van der Waals surface area (Å²) in [4.78, 5) is 30.1. The van der Waals surface area contributed by atoms with Crippen molar-refractivity contribution in [1.29, 1.82) is 0 Å². The lowest BCUT2D eigenvalue weighted by molar-refractivity contribution is 0.0378. The molecular formula is C26H34FN5O4. The Kier molecular flexibility index (Phi) is 9.35. The second kappa shape index (κ2) is 12.4. The SMILES string of the molecule is CCC[C@H](C)Nc1nc(-n2nc(COCc3ccccc3)n(CC)c2=O)c(F)cc1C(=O)OC(C)C. The minimum absolute atomic E-state index is 0.0395. The van der Waals surface area contributed by atoms with Gasteiger partial charge in [-0.2, -0.15) is 4.68 Å². The first-order chi connectivity index (χ1) is 17.2. The molecule has 0 aliphatic rings. The Hall–Kier alpha value is -3.53. The van der Waals surface area contributed by atoms with Gasteiger partial charge in [0.25, 0.3) is 0 Å². The fourth-order valence-corrected chi connectivity index (χ4v) is 3.74. The van der Waals surface area contributed by atoms with Crippen molar-refractivity contribution in [3.8, 4) is 5.82 Å². The highest BCUT2D eigenvalue weighted by atomic mass is 19.1. The maximum absolute atomic E-state index is 15.3. The topological polar surface area (TPSA) is 100 Å². The number of hydrogen-bond acceptors (Lipinski definition) is 7. The van der Waals surface area contributed by atoms with Gasteiger partial charge in [-0.1, -0.05) is 43.7 Å². The number of halogens is 1. The molecule has 10 heteroatoms. The van der Waals surface area contributed by atoms with Gasteiger partial charge < -0.3 is 14.8 Å². The Labute approximate surface area is 210 Å². The fraction of sp³-hybridized carbons (Fsp3) is 0.462. The van der Waals surface area contributed by atoms with Crippen molar-refractivity contribution in [2.45, 2.75) is 79.4 Å². The maximum atomic E-state index is 15.3. The lowest BCUT2D eigenvalue weighted by Crippen LogP contribution is -2.27. The van der Waals surface area contributed by atoms with E-state index in [1.807, 2.05) is 44.2 Å². The number of anilines is 1. The van der Waals surface area contributed by atoms with Gasteiger partial charge in [-0.25, -0.2) is 19.0 Å². The van der Waals surface area contributed by atoms with Crippen molar-refractivity contribution in [2.24, 2.45) is 0 Å². The Morgan fingerprint density at radius 1 is 1.14 bits per heavy atom. The van der Waals surface area contributed by atoms with Crippen LogP contribution < -0.4 is 11.0 Å². The Balaban J connectivity index is 1.97. The summed E-state index contributed by atoms with van der Waals surface area (Å²) in [6.07, 6.45) is 1.32. The van der Waals surface area contributed by atoms with Gasteiger partial charge in [0.1, 0.15) is 18.0 Å². The van der Waals surface area contributed by atoms with Crippen LogP contribution in [0.2, 0.25) is 0 Å². The largest absolute Gasteiger partial charge is 0.459 e. The first-order valence-electron chi connectivity index (χ1n) is 12.2. The predicted octanol–water partition coefficient (Wildman–Crippen LogP) is 4.47. The zero-order valence-electron chi connectivity index (χ0n) is 21.5. The first-order valence-corrected chi connectivity index (χ1v) is 12.2. The van der Waals surface area contributed by atoms with Gasteiger partial charge in [-0.05, 0) is 45.7 Å². The number of pyridine rings is 1. The second-order valence-corrected chi connectivity index (χ2v) is 8.81. The summed E-state index contributed by atoms with van der Waals surface area (Å²) in [7, 11) is 0. The van der Waals surface area contributed by atoms with Crippen molar-refractivity contribution in [2.75, 3.05) is 5.32 Å². The molecule has 9 nitrogen and oxygen atoms in total. The number of carbonyl (C=O) groups excluding carboxylic acids is 1. The molecule has 0 fully saturated rings. The van der Waals surface area contributed by atoms with Gasteiger partial charge >= 0.3 is 11.7 Å². The zero-order chi connectivity index (χ0) is 26.2. The van der Waals surface area contributed by atoms with Crippen LogP contribution in [0, 0.1) is 5.82 Å². The standard InChI is InChI=1S/C26H34FN5O4/c1-6-11-18(5)28-23-20(25(33)36-17(3)4)14-21(27)24(29-23)32-26(34)31(7-2)22(30-32)16-35-15-19-12-9-8-10-13-19/h8-10,12-14,17-18H,6-7,11,15-16H2,1-5H3,(H,28,29)/t18-/m0/s1. The molecule has 36 heavy (non-hydrogen) atoms. The van der Waals surface area contributed by atoms with Crippen LogP contribution in [0.3, 0.4) is 0 Å². The number of aromatic nitrogens is 4. The van der Waals surface area contributed by atoms with Gasteiger partial charge in [-0.3, -0.25) is 4.57 Å². The molecule has 0 saturated heterocycles. The molecule has 1 atom stereocenters. The fourth-order valence-electron chi connectivity index (χ4n) is 3.74.